The number of nitrogens with two attached hydrogens (primary N) is 1. The molecule has 21 heavy (non-hydrogen) atoms. The molecular weight excluding hydrogens is 274 g/mol. The molecule has 0 aromatic carbocycles. The number of nitrogens with zero attached hydrogens (tertiary/aromatic N) is 1. The van der Waals surface area contributed by atoms with Gasteiger partial charge in [0.2, 0.25) is 5.91 Å². The van der Waals surface area contributed by atoms with Gasteiger partial charge in [0.1, 0.15) is 12.2 Å². The molecular formula is C14H27N3O4. The Morgan fingerprint density at radius 1 is 1.43 bits per heavy atom. The predicted molar refractivity (Wildman–Crippen MR) is 78.3 cm³/mol. The largest absolute Gasteiger partial charge is 0.444 e. The molecule has 2 atom stereocenters. The topological polar surface area (TPSA) is 93.9 Å². The van der Waals surface area contributed by atoms with Gasteiger partial charge in [-0.15, -0.1) is 0 Å². The first-order valence-electron chi connectivity index (χ1n) is 7.34. The number of hydrogen-bond donors (Lipinski definition) is 2. The zero-order chi connectivity index (χ0) is 16.0. The van der Waals surface area contributed by atoms with Crippen molar-refractivity contribution in [2.24, 2.45) is 5.73 Å². The molecule has 1 fully saturated rings. The van der Waals surface area contributed by atoms with Crippen LogP contribution in [0.25, 0.3) is 0 Å². The molecule has 0 aromatic heterocycles. The van der Waals surface area contributed by atoms with E-state index < -0.39 is 11.5 Å². The van der Waals surface area contributed by atoms with Crippen LogP contribution in [0.1, 0.15) is 47.0 Å². The molecule has 0 aliphatic carbocycles. The van der Waals surface area contributed by atoms with Gasteiger partial charge in [0, 0.05) is 18.6 Å². The van der Waals surface area contributed by atoms with Crippen molar-refractivity contribution in [1.29, 1.82) is 0 Å². The number of primary amides is 1. The molecule has 1 rings (SSSR count). The van der Waals surface area contributed by atoms with Gasteiger partial charge < -0.3 is 15.4 Å². The van der Waals surface area contributed by atoms with Crippen LogP contribution in [0, 0.1) is 0 Å². The summed E-state index contributed by atoms with van der Waals surface area (Å²) in [5, 5.41) is 0. The normalized spacial score (nSPS) is 20.4. The third-order valence-electron chi connectivity index (χ3n) is 3.13. The first-order chi connectivity index (χ1) is 9.69. The molecule has 0 spiro atoms. The lowest BCUT2D eigenvalue weighted by atomic mass is 10.1. The molecule has 1 heterocycles. The van der Waals surface area contributed by atoms with Gasteiger partial charge in [-0.05, 0) is 47.0 Å². The van der Waals surface area contributed by atoms with Gasteiger partial charge in [0.25, 0.3) is 0 Å². The van der Waals surface area contributed by atoms with Gasteiger partial charge in [-0.3, -0.25) is 9.63 Å². The third kappa shape index (κ3) is 6.77. The molecule has 0 radical (unpaired) electrons. The van der Waals surface area contributed by atoms with Crippen LogP contribution in [0.3, 0.4) is 0 Å². The number of nitrogens with one attached hydrogen (secondary N) is 1. The minimum Gasteiger partial charge on any atom is -0.444 e. The maximum absolute atomic E-state index is 12.1. The van der Waals surface area contributed by atoms with Crippen molar-refractivity contribution in [2.75, 3.05) is 13.2 Å². The summed E-state index contributed by atoms with van der Waals surface area (Å²) in [7, 11) is 0. The zero-order valence-electron chi connectivity index (χ0n) is 13.3. The van der Waals surface area contributed by atoms with Crippen LogP contribution in [0.5, 0.6) is 0 Å². The van der Waals surface area contributed by atoms with E-state index in [0.717, 1.165) is 19.3 Å². The lowest BCUT2D eigenvalue weighted by Gasteiger charge is -2.30. The molecule has 0 aromatic rings. The van der Waals surface area contributed by atoms with E-state index in [0.29, 0.717) is 6.54 Å². The third-order valence-corrected chi connectivity index (χ3v) is 3.13. The van der Waals surface area contributed by atoms with E-state index in [2.05, 4.69) is 5.48 Å². The van der Waals surface area contributed by atoms with Crippen molar-refractivity contribution in [1.82, 2.24) is 10.4 Å². The molecule has 2 amide bonds. The van der Waals surface area contributed by atoms with Crippen LogP contribution < -0.4 is 11.2 Å². The monoisotopic (exact) mass is 301 g/mol. The van der Waals surface area contributed by atoms with Gasteiger partial charge in [-0.2, -0.15) is 5.48 Å². The van der Waals surface area contributed by atoms with Crippen LogP contribution in [-0.4, -0.2) is 47.7 Å². The number of hydroxylamine groups is 1. The fourth-order valence-electron chi connectivity index (χ4n) is 2.35. The van der Waals surface area contributed by atoms with Crippen molar-refractivity contribution in [3.63, 3.8) is 0 Å². The molecule has 1 aliphatic heterocycles. The Kier molecular flexibility index (Phi) is 6.42. The highest BCUT2D eigenvalue weighted by molar-refractivity contribution is 5.74. The Morgan fingerprint density at radius 2 is 2.10 bits per heavy atom. The minimum atomic E-state index is -0.522. The second kappa shape index (κ2) is 7.61. The first-order valence-corrected chi connectivity index (χ1v) is 7.34. The summed E-state index contributed by atoms with van der Waals surface area (Å²) in [5.41, 5.74) is 7.27. The van der Waals surface area contributed by atoms with Crippen molar-refractivity contribution < 1.29 is 19.2 Å². The number of ether oxygens (including phenoxy) is 1. The molecule has 122 valence electrons. The second-order valence-electron chi connectivity index (χ2n) is 6.48. The molecule has 0 saturated carbocycles. The lowest BCUT2D eigenvalue weighted by Crippen LogP contribution is -2.42. The van der Waals surface area contributed by atoms with E-state index in [9.17, 15) is 9.59 Å². The number of rotatable bonds is 6. The minimum absolute atomic E-state index is 0.0115. The van der Waals surface area contributed by atoms with Gasteiger partial charge in [-0.1, -0.05) is 0 Å². The summed E-state index contributed by atoms with van der Waals surface area (Å²) in [6.45, 7) is 8.07. The predicted octanol–water partition coefficient (Wildman–Crippen LogP) is 1.17. The Bertz CT molecular complexity index is 368. The van der Waals surface area contributed by atoms with Crippen molar-refractivity contribution in [3.05, 3.63) is 0 Å². The summed E-state index contributed by atoms with van der Waals surface area (Å²) in [6.07, 6.45) is 2.38. The van der Waals surface area contributed by atoms with Crippen molar-refractivity contribution in [2.45, 2.75) is 64.6 Å². The summed E-state index contributed by atoms with van der Waals surface area (Å²) in [6, 6.07) is 0.136. The second-order valence-corrected chi connectivity index (χ2v) is 6.48. The van der Waals surface area contributed by atoms with Crippen LogP contribution in [0.2, 0.25) is 0 Å². The van der Waals surface area contributed by atoms with E-state index in [1.807, 2.05) is 27.7 Å². The van der Waals surface area contributed by atoms with Crippen LogP contribution in [0.4, 0.5) is 4.79 Å². The standard InChI is InChI=1S/C14H27N3O4/c1-10(16-20-9-12(15)18)8-11-6-5-7-17(11)13(19)21-14(2,3)4/h10-11,16H,5-9H2,1-4H3,(H2,15,18). The van der Waals surface area contributed by atoms with E-state index in [1.165, 1.54) is 0 Å². The quantitative estimate of drug-likeness (QED) is 0.718. The molecule has 2 unspecified atom stereocenters. The maximum atomic E-state index is 12.1. The summed E-state index contributed by atoms with van der Waals surface area (Å²) in [5.74, 6) is -0.522. The highest BCUT2D eigenvalue weighted by Gasteiger charge is 2.32. The number of carbonyl (C=O) groups is 2. The lowest BCUT2D eigenvalue weighted by molar-refractivity contribution is -0.126. The number of likely N-dealkylation sites (tertiary alicyclic amines) is 1. The summed E-state index contributed by atoms with van der Waals surface area (Å²) >= 11 is 0. The van der Waals surface area contributed by atoms with E-state index >= 15 is 0 Å². The smallest absolute Gasteiger partial charge is 0.410 e. The fraction of sp³-hybridized carbons (Fsp3) is 0.857. The number of amides is 2. The molecule has 1 saturated heterocycles. The van der Waals surface area contributed by atoms with E-state index in [4.69, 9.17) is 15.3 Å². The number of hydrogen-bond acceptors (Lipinski definition) is 5. The van der Waals surface area contributed by atoms with Gasteiger partial charge in [0.15, 0.2) is 0 Å². The average Bonchev–Trinajstić information content (AvgIpc) is 2.74. The molecule has 7 heteroatoms. The summed E-state index contributed by atoms with van der Waals surface area (Å²) < 4.78 is 5.42. The molecule has 3 N–H and O–H groups in total. The van der Waals surface area contributed by atoms with Crippen molar-refractivity contribution >= 4 is 12.0 Å². The highest BCUT2D eigenvalue weighted by atomic mass is 16.6. The van der Waals surface area contributed by atoms with Crippen LogP contribution >= 0.6 is 0 Å². The number of carbonyl (C=O) groups excluding carboxylic acids is 2. The van der Waals surface area contributed by atoms with Crippen LogP contribution in [0.15, 0.2) is 0 Å². The Morgan fingerprint density at radius 3 is 2.67 bits per heavy atom. The average molecular weight is 301 g/mol. The SMILES string of the molecule is CC(CC1CCCN1C(=O)OC(C)(C)C)NOCC(N)=O. The van der Waals surface area contributed by atoms with Gasteiger partial charge in [0.05, 0.1) is 0 Å². The van der Waals surface area contributed by atoms with Crippen LogP contribution in [-0.2, 0) is 14.4 Å². The fourth-order valence-corrected chi connectivity index (χ4v) is 2.35. The molecule has 0 bridgehead atoms. The Balaban J connectivity index is 2.42. The molecule has 1 aliphatic rings. The van der Waals surface area contributed by atoms with Gasteiger partial charge in [-0.25, -0.2) is 4.79 Å². The highest BCUT2D eigenvalue weighted by Crippen LogP contribution is 2.23. The molecule has 7 nitrogen and oxygen atoms in total. The van der Waals surface area contributed by atoms with Crippen molar-refractivity contribution in [3.8, 4) is 0 Å². The maximum Gasteiger partial charge on any atom is 0.410 e. The van der Waals surface area contributed by atoms with E-state index in [-0.39, 0.29) is 24.8 Å². The van der Waals surface area contributed by atoms with E-state index in [1.54, 1.807) is 4.90 Å². The Hall–Kier alpha value is -1.34. The summed E-state index contributed by atoms with van der Waals surface area (Å²) in [4.78, 5) is 29.5. The Labute approximate surface area is 126 Å². The zero-order valence-corrected chi connectivity index (χ0v) is 13.3. The van der Waals surface area contributed by atoms with Gasteiger partial charge >= 0.3 is 6.09 Å². The first kappa shape index (κ1) is 17.7.